The number of benzene rings is 2. The summed E-state index contributed by atoms with van der Waals surface area (Å²) in [6, 6.07) is 15.5. The molecule has 2 aromatic rings. The highest BCUT2D eigenvalue weighted by Crippen LogP contribution is 2.27. The molecule has 0 aromatic heterocycles. The molecule has 1 aliphatic heterocycles. The molecule has 0 aliphatic carbocycles. The second kappa shape index (κ2) is 14.0. The normalized spacial score (nSPS) is 17.6. The zero-order valence-electron chi connectivity index (χ0n) is 23.2. The minimum atomic E-state index is -0.598. The number of nitrogens with two attached hydrogens (primary N) is 1. The van der Waals surface area contributed by atoms with Crippen molar-refractivity contribution in [2.24, 2.45) is 23.5 Å². The molecule has 1 aliphatic rings. The van der Waals surface area contributed by atoms with Crippen LogP contribution in [0.3, 0.4) is 0 Å². The molecular formula is C31H43N3O4. The van der Waals surface area contributed by atoms with Gasteiger partial charge in [0.2, 0.25) is 17.7 Å². The number of hydrogen-bond acceptors (Lipinski definition) is 4. The maximum absolute atomic E-state index is 13.6. The SMILES string of the molecule is CCC[C@H](C(N)=O)[C@H](CC(C)C)C(=O)N[C@H]1CCCCN(Cc2cccc(-c3ccc(OC)cc3)c2)C1=O. The number of methoxy groups -OCH3 is 1. The largest absolute Gasteiger partial charge is 0.497 e. The molecule has 206 valence electrons. The van der Waals surface area contributed by atoms with Crippen molar-refractivity contribution >= 4 is 17.7 Å². The van der Waals surface area contributed by atoms with Crippen LogP contribution < -0.4 is 15.8 Å². The first kappa shape index (κ1) is 29.2. The summed E-state index contributed by atoms with van der Waals surface area (Å²) in [4.78, 5) is 41.1. The first-order valence-electron chi connectivity index (χ1n) is 13.8. The highest BCUT2D eigenvalue weighted by atomic mass is 16.5. The Bertz CT molecular complexity index is 1080. The van der Waals surface area contributed by atoms with Gasteiger partial charge in [0.1, 0.15) is 11.8 Å². The number of carbonyl (C=O) groups is 3. The lowest BCUT2D eigenvalue weighted by molar-refractivity contribution is -0.139. The lowest BCUT2D eigenvalue weighted by Gasteiger charge is -2.29. The van der Waals surface area contributed by atoms with E-state index in [-0.39, 0.29) is 17.7 Å². The van der Waals surface area contributed by atoms with Gasteiger partial charge in [0.15, 0.2) is 0 Å². The monoisotopic (exact) mass is 521 g/mol. The highest BCUT2D eigenvalue weighted by Gasteiger charge is 2.35. The van der Waals surface area contributed by atoms with E-state index in [1.54, 1.807) is 7.11 Å². The minimum absolute atomic E-state index is 0.0693. The van der Waals surface area contributed by atoms with E-state index in [9.17, 15) is 14.4 Å². The Morgan fingerprint density at radius 3 is 2.45 bits per heavy atom. The summed E-state index contributed by atoms with van der Waals surface area (Å²) < 4.78 is 5.26. The van der Waals surface area contributed by atoms with E-state index < -0.39 is 23.8 Å². The summed E-state index contributed by atoms with van der Waals surface area (Å²) in [6.45, 7) is 7.17. The van der Waals surface area contributed by atoms with Gasteiger partial charge in [0.05, 0.1) is 7.11 Å². The quantitative estimate of drug-likeness (QED) is 0.414. The Kier molecular flexibility index (Phi) is 10.7. The Balaban J connectivity index is 1.74. The smallest absolute Gasteiger partial charge is 0.245 e. The van der Waals surface area contributed by atoms with Crippen LogP contribution in [0.2, 0.25) is 0 Å². The number of nitrogens with one attached hydrogen (secondary N) is 1. The second-order valence-corrected chi connectivity index (χ2v) is 10.8. The van der Waals surface area contributed by atoms with Gasteiger partial charge < -0.3 is 20.7 Å². The third-order valence-electron chi connectivity index (χ3n) is 7.33. The molecule has 1 saturated heterocycles. The maximum atomic E-state index is 13.6. The van der Waals surface area contributed by atoms with Crippen molar-refractivity contribution in [2.45, 2.75) is 71.9 Å². The number of primary amides is 1. The molecule has 0 radical (unpaired) electrons. The van der Waals surface area contributed by atoms with Crippen LogP contribution in [0.15, 0.2) is 48.5 Å². The molecule has 3 N–H and O–H groups in total. The van der Waals surface area contributed by atoms with Crippen molar-refractivity contribution in [1.82, 2.24) is 10.2 Å². The molecular weight excluding hydrogens is 478 g/mol. The van der Waals surface area contributed by atoms with E-state index in [4.69, 9.17) is 10.5 Å². The van der Waals surface area contributed by atoms with Gasteiger partial charge in [-0.15, -0.1) is 0 Å². The molecule has 0 unspecified atom stereocenters. The van der Waals surface area contributed by atoms with E-state index in [0.29, 0.717) is 32.4 Å². The number of amides is 3. The summed E-state index contributed by atoms with van der Waals surface area (Å²) in [6.07, 6.45) is 4.21. The zero-order valence-corrected chi connectivity index (χ0v) is 23.2. The van der Waals surface area contributed by atoms with Crippen LogP contribution in [0.4, 0.5) is 0 Å². The van der Waals surface area contributed by atoms with Crippen LogP contribution in [0.5, 0.6) is 5.75 Å². The number of hydrogen-bond donors (Lipinski definition) is 2. The fraction of sp³-hybridized carbons (Fsp3) is 0.516. The van der Waals surface area contributed by atoms with Crippen LogP contribution in [-0.4, -0.2) is 42.3 Å². The van der Waals surface area contributed by atoms with Crippen molar-refractivity contribution in [1.29, 1.82) is 0 Å². The first-order valence-corrected chi connectivity index (χ1v) is 13.8. The molecule has 0 bridgehead atoms. The number of likely N-dealkylation sites (tertiary alicyclic amines) is 1. The van der Waals surface area contributed by atoms with Gasteiger partial charge in [-0.2, -0.15) is 0 Å². The van der Waals surface area contributed by atoms with Crippen LogP contribution in [0.25, 0.3) is 11.1 Å². The van der Waals surface area contributed by atoms with Gasteiger partial charge in [0, 0.05) is 24.9 Å². The number of ether oxygens (including phenoxy) is 1. The van der Waals surface area contributed by atoms with Crippen LogP contribution >= 0.6 is 0 Å². The van der Waals surface area contributed by atoms with E-state index >= 15 is 0 Å². The minimum Gasteiger partial charge on any atom is -0.497 e. The number of carbonyl (C=O) groups excluding carboxylic acids is 3. The zero-order chi connectivity index (χ0) is 27.7. The molecule has 3 rings (SSSR count). The van der Waals surface area contributed by atoms with Crippen molar-refractivity contribution in [3.63, 3.8) is 0 Å². The first-order chi connectivity index (χ1) is 18.2. The van der Waals surface area contributed by atoms with Crippen LogP contribution in [0.1, 0.15) is 64.9 Å². The summed E-state index contributed by atoms with van der Waals surface area (Å²) in [5.74, 6) is -0.779. The fourth-order valence-electron chi connectivity index (χ4n) is 5.34. The second-order valence-electron chi connectivity index (χ2n) is 10.8. The molecule has 7 heteroatoms. The Morgan fingerprint density at radius 1 is 1.08 bits per heavy atom. The summed E-state index contributed by atoms with van der Waals surface area (Å²) in [5.41, 5.74) is 8.88. The van der Waals surface area contributed by atoms with E-state index in [1.165, 1.54) is 0 Å². The van der Waals surface area contributed by atoms with E-state index in [1.807, 2.05) is 62.1 Å². The molecule has 7 nitrogen and oxygen atoms in total. The van der Waals surface area contributed by atoms with E-state index in [2.05, 4.69) is 17.4 Å². The predicted octanol–water partition coefficient (Wildman–Crippen LogP) is 4.92. The molecule has 0 spiro atoms. The Morgan fingerprint density at radius 2 is 1.82 bits per heavy atom. The van der Waals surface area contributed by atoms with Gasteiger partial charge in [-0.25, -0.2) is 0 Å². The van der Waals surface area contributed by atoms with Gasteiger partial charge in [-0.05, 0) is 72.9 Å². The van der Waals surface area contributed by atoms with Gasteiger partial charge >= 0.3 is 0 Å². The molecule has 2 aromatic carbocycles. The molecule has 38 heavy (non-hydrogen) atoms. The molecule has 1 heterocycles. The van der Waals surface area contributed by atoms with Gasteiger partial charge in [-0.3, -0.25) is 14.4 Å². The van der Waals surface area contributed by atoms with Crippen molar-refractivity contribution in [3.8, 4) is 16.9 Å². The lowest BCUT2D eigenvalue weighted by Crippen LogP contribution is -2.50. The molecule has 0 saturated carbocycles. The summed E-state index contributed by atoms with van der Waals surface area (Å²) in [7, 11) is 1.65. The third-order valence-corrected chi connectivity index (χ3v) is 7.33. The topological polar surface area (TPSA) is 102 Å². The standard InChI is InChI=1S/C31H43N3O4/c1-5-9-26(29(32)35)27(18-21(2)3)30(36)33-28-12-6-7-17-34(31(28)37)20-22-10-8-11-24(19-22)23-13-15-25(38-4)16-14-23/h8,10-11,13-16,19,21,26-28H,5-7,9,12,17-18,20H2,1-4H3,(H2,32,35)(H,33,36)/t26-,27-,28-/m0/s1. The van der Waals surface area contributed by atoms with Crippen LogP contribution in [-0.2, 0) is 20.9 Å². The predicted molar refractivity (Wildman–Crippen MR) is 150 cm³/mol. The molecule has 3 amide bonds. The summed E-state index contributed by atoms with van der Waals surface area (Å²) in [5, 5.41) is 3.02. The summed E-state index contributed by atoms with van der Waals surface area (Å²) >= 11 is 0. The lowest BCUT2D eigenvalue weighted by atomic mass is 9.81. The average Bonchev–Trinajstić information content (AvgIpc) is 3.07. The fourth-order valence-corrected chi connectivity index (χ4v) is 5.34. The third kappa shape index (κ3) is 7.83. The van der Waals surface area contributed by atoms with E-state index in [0.717, 1.165) is 41.7 Å². The van der Waals surface area contributed by atoms with Crippen LogP contribution in [0, 0.1) is 17.8 Å². The number of rotatable bonds is 12. The van der Waals surface area contributed by atoms with Crippen molar-refractivity contribution in [2.75, 3.05) is 13.7 Å². The average molecular weight is 522 g/mol. The molecule has 3 atom stereocenters. The Labute approximate surface area is 227 Å². The maximum Gasteiger partial charge on any atom is 0.245 e. The van der Waals surface area contributed by atoms with Crippen molar-refractivity contribution in [3.05, 3.63) is 54.1 Å². The van der Waals surface area contributed by atoms with Gasteiger partial charge in [-0.1, -0.05) is 57.5 Å². The highest BCUT2D eigenvalue weighted by molar-refractivity contribution is 5.91. The number of nitrogens with zero attached hydrogens (tertiary/aromatic N) is 1. The van der Waals surface area contributed by atoms with Gasteiger partial charge in [0.25, 0.3) is 0 Å². The molecule has 1 fully saturated rings. The van der Waals surface area contributed by atoms with Crippen molar-refractivity contribution < 1.29 is 19.1 Å². The Hall–Kier alpha value is -3.35.